The van der Waals surface area contributed by atoms with E-state index in [-0.39, 0.29) is 6.10 Å². The number of hydrogen-bond acceptors (Lipinski definition) is 6. The zero-order valence-electron chi connectivity index (χ0n) is 19.4. The number of H-pyrrole nitrogens is 1. The van der Waals surface area contributed by atoms with Gasteiger partial charge in [-0.15, -0.1) is 0 Å². The molecule has 1 fully saturated rings. The van der Waals surface area contributed by atoms with Crippen LogP contribution in [0.15, 0.2) is 49.1 Å². The number of aromatic nitrogens is 7. The third-order valence-corrected chi connectivity index (χ3v) is 6.63. The minimum absolute atomic E-state index is 0.208. The fourth-order valence-corrected chi connectivity index (χ4v) is 4.94. The predicted molar refractivity (Wildman–Crippen MR) is 132 cm³/mol. The van der Waals surface area contributed by atoms with Gasteiger partial charge in [-0.3, -0.25) is 14.5 Å². The Hall–Kier alpha value is -3.88. The van der Waals surface area contributed by atoms with Gasteiger partial charge in [-0.2, -0.15) is 15.3 Å². The van der Waals surface area contributed by atoms with Crippen molar-refractivity contribution in [2.45, 2.75) is 44.8 Å². The maximum Gasteiger partial charge on any atom is 0.128 e. The van der Waals surface area contributed by atoms with Crippen LogP contribution in [0.5, 0.6) is 5.75 Å². The van der Waals surface area contributed by atoms with Crippen molar-refractivity contribution in [3.05, 3.63) is 49.1 Å². The quantitative estimate of drug-likeness (QED) is 0.384. The number of pyridine rings is 1. The summed E-state index contributed by atoms with van der Waals surface area (Å²) >= 11 is 0. The highest BCUT2D eigenvalue weighted by atomic mass is 16.5. The van der Waals surface area contributed by atoms with E-state index in [2.05, 4.69) is 49.3 Å². The molecule has 1 aromatic carbocycles. The van der Waals surface area contributed by atoms with Crippen molar-refractivity contribution in [3.63, 3.8) is 0 Å². The first-order chi connectivity index (χ1) is 16.7. The third-order valence-electron chi connectivity index (χ3n) is 6.63. The first kappa shape index (κ1) is 20.7. The molecule has 0 amide bonds. The van der Waals surface area contributed by atoms with E-state index in [1.807, 2.05) is 48.6 Å². The highest BCUT2D eigenvalue weighted by Gasteiger charge is 2.27. The Bertz CT molecular complexity index is 1440. The van der Waals surface area contributed by atoms with Crippen LogP contribution in [-0.4, -0.2) is 47.4 Å². The number of rotatable bonds is 6. The Morgan fingerprint density at radius 2 is 2.00 bits per heavy atom. The summed E-state index contributed by atoms with van der Waals surface area (Å²) < 4.78 is 10.3. The number of fused-ring (bicyclic) bond motifs is 2. The van der Waals surface area contributed by atoms with Gasteiger partial charge in [0.15, 0.2) is 0 Å². The molecule has 0 unspecified atom stereocenters. The second-order valence-corrected chi connectivity index (χ2v) is 8.98. The average molecular weight is 457 g/mol. The van der Waals surface area contributed by atoms with Crippen molar-refractivity contribution < 1.29 is 4.74 Å². The second-order valence-electron chi connectivity index (χ2n) is 8.98. The molecule has 2 N–H and O–H groups in total. The van der Waals surface area contributed by atoms with Crippen molar-refractivity contribution in [3.8, 4) is 17.0 Å². The number of aromatic amines is 1. The number of aryl methyl sites for hydroxylation is 1. The van der Waals surface area contributed by atoms with E-state index in [9.17, 15) is 0 Å². The van der Waals surface area contributed by atoms with Gasteiger partial charge in [-0.25, -0.2) is 4.98 Å². The Kier molecular flexibility index (Phi) is 5.16. The largest absolute Gasteiger partial charge is 0.490 e. The molecule has 5 aromatic rings. The lowest BCUT2D eigenvalue weighted by Gasteiger charge is -2.29. The van der Waals surface area contributed by atoms with Crippen LogP contribution in [0.1, 0.15) is 38.6 Å². The van der Waals surface area contributed by atoms with Crippen molar-refractivity contribution in [1.29, 1.82) is 0 Å². The second kappa shape index (κ2) is 8.48. The smallest absolute Gasteiger partial charge is 0.128 e. The summed E-state index contributed by atoms with van der Waals surface area (Å²) in [4.78, 5) is 4.61. The highest BCUT2D eigenvalue weighted by molar-refractivity contribution is 5.93. The fourth-order valence-electron chi connectivity index (χ4n) is 4.94. The van der Waals surface area contributed by atoms with E-state index >= 15 is 0 Å². The molecular formula is C25H28N8O. The molecular weight excluding hydrogens is 428 g/mol. The van der Waals surface area contributed by atoms with Crippen LogP contribution in [0.4, 0.5) is 5.82 Å². The Morgan fingerprint density at radius 1 is 1.12 bits per heavy atom. The number of anilines is 1. The summed E-state index contributed by atoms with van der Waals surface area (Å²) in [5, 5.41) is 22.0. The van der Waals surface area contributed by atoms with Crippen molar-refractivity contribution in [2.75, 3.05) is 11.9 Å². The lowest BCUT2D eigenvalue weighted by Crippen LogP contribution is -2.26. The van der Waals surface area contributed by atoms with Crippen LogP contribution in [0.3, 0.4) is 0 Å². The monoisotopic (exact) mass is 456 g/mol. The molecule has 174 valence electrons. The minimum Gasteiger partial charge on any atom is -0.490 e. The zero-order chi connectivity index (χ0) is 23.1. The van der Waals surface area contributed by atoms with Gasteiger partial charge in [0, 0.05) is 48.4 Å². The van der Waals surface area contributed by atoms with Crippen molar-refractivity contribution in [2.24, 2.45) is 7.05 Å². The lowest BCUT2D eigenvalue weighted by atomic mass is 9.93. The van der Waals surface area contributed by atoms with Gasteiger partial charge in [0.2, 0.25) is 0 Å². The third kappa shape index (κ3) is 3.76. The summed E-state index contributed by atoms with van der Waals surface area (Å²) in [6.07, 6.45) is 11.8. The number of nitrogens with zero attached hydrogens (tertiary/aromatic N) is 6. The van der Waals surface area contributed by atoms with Crippen LogP contribution >= 0.6 is 0 Å². The molecule has 9 nitrogen and oxygen atoms in total. The standard InChI is InChI=1S/C25H28N8O/c1-3-26-24-11-23-21(14-27-24)25(17-13-29-32(2)15-17)31-33(23)18-4-6-19(7-5-18)34-20-8-9-22-16(10-20)12-28-30-22/h8-15,18-19H,3-7H2,1-2H3,(H,26,27)(H,28,30). The predicted octanol–water partition coefficient (Wildman–Crippen LogP) is 4.70. The van der Waals surface area contributed by atoms with E-state index in [4.69, 9.17) is 9.84 Å². The van der Waals surface area contributed by atoms with Gasteiger partial charge < -0.3 is 10.1 Å². The summed E-state index contributed by atoms with van der Waals surface area (Å²) in [7, 11) is 1.93. The van der Waals surface area contributed by atoms with E-state index in [0.717, 1.165) is 76.9 Å². The fraction of sp³-hybridized carbons (Fsp3) is 0.360. The maximum atomic E-state index is 6.33. The molecule has 4 aromatic heterocycles. The molecule has 1 saturated carbocycles. The lowest BCUT2D eigenvalue weighted by molar-refractivity contribution is 0.131. The molecule has 9 heteroatoms. The molecule has 6 rings (SSSR count). The first-order valence-electron chi connectivity index (χ1n) is 11.9. The molecule has 0 radical (unpaired) electrons. The van der Waals surface area contributed by atoms with E-state index in [1.165, 1.54) is 0 Å². The molecule has 34 heavy (non-hydrogen) atoms. The molecule has 0 saturated heterocycles. The molecule has 0 aliphatic heterocycles. The molecule has 0 spiro atoms. The van der Waals surface area contributed by atoms with Gasteiger partial charge in [0.25, 0.3) is 0 Å². The number of benzene rings is 1. The van der Waals surface area contributed by atoms with Gasteiger partial charge in [0.05, 0.1) is 35.6 Å². The number of hydrogen-bond donors (Lipinski definition) is 2. The molecule has 0 atom stereocenters. The summed E-state index contributed by atoms with van der Waals surface area (Å²) in [6.45, 7) is 2.91. The van der Waals surface area contributed by atoms with Crippen molar-refractivity contribution in [1.82, 2.24) is 34.7 Å². The Balaban J connectivity index is 1.25. The van der Waals surface area contributed by atoms with Crippen LogP contribution in [0.25, 0.3) is 33.1 Å². The number of ether oxygens (including phenoxy) is 1. The van der Waals surface area contributed by atoms with Crippen molar-refractivity contribution >= 4 is 27.6 Å². The van der Waals surface area contributed by atoms with E-state index < -0.39 is 0 Å². The normalized spacial score (nSPS) is 18.5. The van der Waals surface area contributed by atoms with E-state index in [0.29, 0.717) is 6.04 Å². The first-order valence-corrected chi connectivity index (χ1v) is 11.9. The minimum atomic E-state index is 0.208. The van der Waals surface area contributed by atoms with Gasteiger partial charge in [-0.1, -0.05) is 0 Å². The average Bonchev–Trinajstić information content (AvgIpc) is 3.58. The SMILES string of the molecule is CCNc1cc2c(cn1)c(-c1cnn(C)c1)nn2C1CCC(Oc2ccc3[nH]ncc3c2)CC1. The van der Waals surface area contributed by atoms with Crippen LogP contribution in [0.2, 0.25) is 0 Å². The van der Waals surface area contributed by atoms with E-state index in [1.54, 1.807) is 0 Å². The number of nitrogens with one attached hydrogen (secondary N) is 2. The highest BCUT2D eigenvalue weighted by Crippen LogP contribution is 2.36. The van der Waals surface area contributed by atoms with Gasteiger partial charge in [-0.05, 0) is 50.8 Å². The molecule has 1 aliphatic carbocycles. The van der Waals surface area contributed by atoms with Crippen LogP contribution in [-0.2, 0) is 7.05 Å². The summed E-state index contributed by atoms with van der Waals surface area (Å²) in [6, 6.07) is 8.54. The zero-order valence-corrected chi connectivity index (χ0v) is 19.4. The van der Waals surface area contributed by atoms with Gasteiger partial charge >= 0.3 is 0 Å². The molecule has 4 heterocycles. The topological polar surface area (TPSA) is 98.5 Å². The van der Waals surface area contributed by atoms with Crippen LogP contribution in [0, 0.1) is 0 Å². The maximum absolute atomic E-state index is 6.33. The molecule has 0 bridgehead atoms. The van der Waals surface area contributed by atoms with Crippen LogP contribution < -0.4 is 10.1 Å². The summed E-state index contributed by atoms with van der Waals surface area (Å²) in [5.74, 6) is 1.78. The Labute approximate surface area is 197 Å². The van der Waals surface area contributed by atoms with Gasteiger partial charge in [0.1, 0.15) is 17.3 Å². The summed E-state index contributed by atoms with van der Waals surface area (Å²) in [5.41, 5.74) is 4.08. The Morgan fingerprint density at radius 3 is 2.79 bits per heavy atom. The molecule has 1 aliphatic rings.